The van der Waals surface area contributed by atoms with Gasteiger partial charge in [0.1, 0.15) is 0 Å². The third kappa shape index (κ3) is 4.69. The van der Waals surface area contributed by atoms with E-state index in [2.05, 4.69) is 35.3 Å². The number of aromatic nitrogens is 1. The van der Waals surface area contributed by atoms with Gasteiger partial charge in [0.25, 0.3) is 0 Å². The minimum Gasteiger partial charge on any atom is -0.379 e. The zero-order chi connectivity index (χ0) is 22.7. The van der Waals surface area contributed by atoms with Gasteiger partial charge in [0, 0.05) is 37.3 Å². The molecule has 0 spiro atoms. The van der Waals surface area contributed by atoms with Gasteiger partial charge in [-0.2, -0.15) is 11.8 Å². The van der Waals surface area contributed by atoms with Crippen molar-refractivity contribution in [3.8, 4) is 0 Å². The van der Waals surface area contributed by atoms with E-state index in [0.717, 1.165) is 65.0 Å². The van der Waals surface area contributed by atoms with E-state index in [1.165, 1.54) is 0 Å². The number of ether oxygens (including phenoxy) is 1. The van der Waals surface area contributed by atoms with Crippen molar-refractivity contribution in [1.29, 1.82) is 0 Å². The van der Waals surface area contributed by atoms with Gasteiger partial charge in [0.2, 0.25) is 5.91 Å². The van der Waals surface area contributed by atoms with Crippen molar-refractivity contribution >= 4 is 39.2 Å². The summed E-state index contributed by atoms with van der Waals surface area (Å²) in [6.45, 7) is 6.19. The van der Waals surface area contributed by atoms with E-state index >= 15 is 0 Å². The van der Waals surface area contributed by atoms with E-state index in [-0.39, 0.29) is 11.4 Å². The summed E-state index contributed by atoms with van der Waals surface area (Å²) in [6.07, 6.45) is 1.69. The first kappa shape index (κ1) is 22.8. The SMILES string of the molecule is CC(Cc1nc2ccccc2s1)(C(=O)NCC1(N2CCOCC2)CCSC1)c1ccccc1. The average molecular weight is 482 g/mol. The fourth-order valence-corrected chi connectivity index (χ4v) is 7.59. The van der Waals surface area contributed by atoms with Crippen LogP contribution < -0.4 is 5.32 Å². The van der Waals surface area contributed by atoms with Gasteiger partial charge >= 0.3 is 0 Å². The Hall–Kier alpha value is -1.93. The molecule has 2 atom stereocenters. The first-order valence-corrected chi connectivity index (χ1v) is 13.7. The summed E-state index contributed by atoms with van der Waals surface area (Å²) in [5.41, 5.74) is 1.37. The molecule has 0 aliphatic carbocycles. The van der Waals surface area contributed by atoms with Gasteiger partial charge in [-0.25, -0.2) is 4.98 Å². The van der Waals surface area contributed by atoms with Gasteiger partial charge in [-0.3, -0.25) is 9.69 Å². The van der Waals surface area contributed by atoms with E-state index in [1.807, 2.05) is 48.2 Å². The fourth-order valence-electron chi connectivity index (χ4n) is 4.99. The lowest BCUT2D eigenvalue weighted by atomic mass is 9.78. The number of nitrogens with one attached hydrogen (secondary N) is 1. The van der Waals surface area contributed by atoms with Gasteiger partial charge in [-0.1, -0.05) is 42.5 Å². The Labute approximate surface area is 203 Å². The summed E-state index contributed by atoms with van der Waals surface area (Å²) in [6, 6.07) is 18.4. The van der Waals surface area contributed by atoms with Crippen molar-refractivity contribution in [2.75, 3.05) is 44.4 Å². The lowest BCUT2D eigenvalue weighted by Gasteiger charge is -2.43. The highest BCUT2D eigenvalue weighted by molar-refractivity contribution is 7.99. The molecule has 0 saturated carbocycles. The molecule has 2 unspecified atom stereocenters. The van der Waals surface area contributed by atoms with Gasteiger partial charge in [-0.15, -0.1) is 11.3 Å². The molecule has 7 heteroatoms. The zero-order valence-corrected chi connectivity index (χ0v) is 20.7. The van der Waals surface area contributed by atoms with E-state index in [1.54, 1.807) is 11.3 Å². The lowest BCUT2D eigenvalue weighted by molar-refractivity contribution is -0.127. The molecule has 33 heavy (non-hydrogen) atoms. The molecule has 2 aliphatic rings. The van der Waals surface area contributed by atoms with Crippen LogP contribution in [0, 0.1) is 0 Å². The summed E-state index contributed by atoms with van der Waals surface area (Å²) in [5, 5.41) is 4.40. The summed E-state index contributed by atoms with van der Waals surface area (Å²) in [4.78, 5) is 21.3. The van der Waals surface area contributed by atoms with E-state index < -0.39 is 5.41 Å². The summed E-state index contributed by atoms with van der Waals surface area (Å²) in [7, 11) is 0. The monoisotopic (exact) mass is 481 g/mol. The Morgan fingerprint density at radius 1 is 1.15 bits per heavy atom. The standard InChI is InChI=1S/C26H31N3O2S2/c1-25(20-7-3-2-4-8-20,17-23-28-21-9-5-6-10-22(21)33-23)24(30)27-18-26(11-16-32-19-26)29-12-14-31-15-13-29/h2-10H,11-19H2,1H3,(H,27,30). The van der Waals surface area contributed by atoms with E-state index in [4.69, 9.17) is 9.72 Å². The lowest BCUT2D eigenvalue weighted by Crippen LogP contribution is -2.60. The predicted molar refractivity (Wildman–Crippen MR) is 137 cm³/mol. The van der Waals surface area contributed by atoms with E-state index in [9.17, 15) is 4.79 Å². The second-order valence-corrected chi connectivity index (χ2v) is 11.5. The summed E-state index contributed by atoms with van der Waals surface area (Å²) >= 11 is 3.68. The second-order valence-electron chi connectivity index (χ2n) is 9.26. The highest BCUT2D eigenvalue weighted by atomic mass is 32.2. The zero-order valence-electron chi connectivity index (χ0n) is 19.1. The molecule has 2 aromatic carbocycles. The van der Waals surface area contributed by atoms with Gasteiger partial charge in [-0.05, 0) is 36.8 Å². The number of morpholine rings is 1. The Balaban J connectivity index is 1.39. The number of hydrogen-bond acceptors (Lipinski definition) is 6. The molecule has 5 nitrogen and oxygen atoms in total. The van der Waals surface area contributed by atoms with Crippen LogP contribution in [0.3, 0.4) is 0 Å². The van der Waals surface area contributed by atoms with Crippen molar-refractivity contribution in [2.45, 2.75) is 30.7 Å². The Morgan fingerprint density at radius 2 is 1.91 bits per heavy atom. The molecule has 0 bridgehead atoms. The highest BCUT2D eigenvalue weighted by Crippen LogP contribution is 2.35. The van der Waals surface area contributed by atoms with Crippen molar-refractivity contribution < 1.29 is 9.53 Å². The van der Waals surface area contributed by atoms with Crippen molar-refractivity contribution in [3.63, 3.8) is 0 Å². The number of benzene rings is 2. The Bertz CT molecular complexity index is 1060. The van der Waals surface area contributed by atoms with Crippen LogP contribution in [0.1, 0.15) is 23.9 Å². The predicted octanol–water partition coefficient (Wildman–Crippen LogP) is 4.12. The third-order valence-electron chi connectivity index (χ3n) is 7.10. The van der Waals surface area contributed by atoms with Crippen molar-refractivity contribution in [3.05, 3.63) is 65.2 Å². The molecule has 2 saturated heterocycles. The molecular formula is C26H31N3O2S2. The summed E-state index contributed by atoms with van der Waals surface area (Å²) < 4.78 is 6.76. The number of rotatable bonds is 7. The first-order chi connectivity index (χ1) is 16.1. The topological polar surface area (TPSA) is 54.5 Å². The number of carbonyl (C=O) groups is 1. The average Bonchev–Trinajstić information content (AvgIpc) is 3.51. The number of fused-ring (bicyclic) bond motifs is 1. The minimum absolute atomic E-state index is 0.0254. The van der Waals surface area contributed by atoms with Gasteiger partial charge in [0.05, 0.1) is 33.9 Å². The Kier molecular flexibility index (Phi) is 6.74. The number of nitrogens with zero attached hydrogens (tertiary/aromatic N) is 2. The van der Waals surface area contributed by atoms with Crippen LogP contribution in [0.4, 0.5) is 0 Å². The van der Waals surface area contributed by atoms with Crippen LogP contribution in [0.5, 0.6) is 0 Å². The normalized spacial score (nSPS) is 23.4. The van der Waals surface area contributed by atoms with Crippen LogP contribution in [-0.4, -0.2) is 65.7 Å². The Morgan fingerprint density at radius 3 is 2.64 bits per heavy atom. The van der Waals surface area contributed by atoms with Gasteiger partial charge in [0.15, 0.2) is 0 Å². The van der Waals surface area contributed by atoms with Crippen LogP contribution in [0.25, 0.3) is 10.2 Å². The quantitative estimate of drug-likeness (QED) is 0.550. The number of para-hydroxylation sites is 1. The molecular weight excluding hydrogens is 450 g/mol. The van der Waals surface area contributed by atoms with Crippen LogP contribution in [0.2, 0.25) is 0 Å². The van der Waals surface area contributed by atoms with Gasteiger partial charge < -0.3 is 10.1 Å². The molecule has 2 fully saturated rings. The highest BCUT2D eigenvalue weighted by Gasteiger charge is 2.43. The molecule has 3 aromatic rings. The molecule has 1 aromatic heterocycles. The maximum atomic E-state index is 13.9. The second kappa shape index (κ2) is 9.74. The number of thioether (sulfide) groups is 1. The molecule has 3 heterocycles. The number of thiazole rings is 1. The maximum absolute atomic E-state index is 13.9. The van der Waals surface area contributed by atoms with Crippen LogP contribution in [0.15, 0.2) is 54.6 Å². The van der Waals surface area contributed by atoms with Crippen LogP contribution >= 0.6 is 23.1 Å². The number of carbonyl (C=O) groups excluding carboxylic acids is 1. The van der Waals surface area contributed by atoms with E-state index in [0.29, 0.717) is 13.0 Å². The fraction of sp³-hybridized carbons (Fsp3) is 0.462. The first-order valence-electron chi connectivity index (χ1n) is 11.7. The largest absolute Gasteiger partial charge is 0.379 e. The minimum atomic E-state index is -0.687. The number of amides is 1. The molecule has 0 radical (unpaired) electrons. The molecule has 5 rings (SSSR count). The van der Waals surface area contributed by atoms with Crippen molar-refractivity contribution in [2.24, 2.45) is 0 Å². The van der Waals surface area contributed by atoms with Crippen molar-refractivity contribution in [1.82, 2.24) is 15.2 Å². The van der Waals surface area contributed by atoms with Crippen LogP contribution in [-0.2, 0) is 21.4 Å². The smallest absolute Gasteiger partial charge is 0.230 e. The number of hydrogen-bond donors (Lipinski definition) is 1. The molecule has 1 N–H and O–H groups in total. The molecule has 1 amide bonds. The third-order valence-corrected chi connectivity index (χ3v) is 9.37. The molecule has 174 valence electrons. The molecule has 2 aliphatic heterocycles. The summed E-state index contributed by atoms with van der Waals surface area (Å²) in [5.74, 6) is 2.29. The maximum Gasteiger partial charge on any atom is 0.230 e.